The minimum Gasteiger partial charge on any atom is -0.396 e. The van der Waals surface area contributed by atoms with Crippen LogP contribution in [0.25, 0.3) is 11.4 Å². The number of hydrogen-bond donors (Lipinski definition) is 2. The summed E-state index contributed by atoms with van der Waals surface area (Å²) in [5.74, 6) is 0.267. The molecule has 3 heterocycles. The quantitative estimate of drug-likeness (QED) is 0.703. The number of aromatic nitrogens is 3. The molecule has 0 spiro atoms. The molecule has 2 aliphatic rings. The third-order valence-corrected chi connectivity index (χ3v) is 6.15. The van der Waals surface area contributed by atoms with Crippen LogP contribution in [-0.4, -0.2) is 51.0 Å². The predicted octanol–water partition coefficient (Wildman–Crippen LogP) is 0.825. The van der Waals surface area contributed by atoms with Gasteiger partial charge in [0.15, 0.2) is 5.82 Å². The Balaban J connectivity index is 1.52. The Morgan fingerprint density at radius 2 is 1.80 bits per heavy atom. The summed E-state index contributed by atoms with van der Waals surface area (Å²) in [5, 5.41) is 15.8. The highest BCUT2D eigenvalue weighted by atomic mass is 16.3. The second-order valence-corrected chi connectivity index (χ2v) is 8.07. The average Bonchev–Trinajstić information content (AvgIpc) is 3.04. The Morgan fingerprint density at radius 3 is 2.43 bits per heavy atom. The maximum absolute atomic E-state index is 12.7. The number of nitrogens with one attached hydrogen (secondary N) is 1. The first kappa shape index (κ1) is 20.3. The number of aliphatic hydroxyl groups excluding tert-OH is 1. The molecular formula is C21H27N5O4. The molecule has 1 unspecified atom stereocenters. The molecule has 9 nitrogen and oxygen atoms in total. The van der Waals surface area contributed by atoms with E-state index in [4.69, 9.17) is 5.11 Å². The molecule has 1 aromatic heterocycles. The van der Waals surface area contributed by atoms with Crippen LogP contribution in [0.2, 0.25) is 0 Å². The molecule has 2 N–H and O–H groups in total. The summed E-state index contributed by atoms with van der Waals surface area (Å²) in [6.07, 6.45) is 3.49. The number of benzene rings is 1. The fourth-order valence-corrected chi connectivity index (χ4v) is 4.31. The van der Waals surface area contributed by atoms with Gasteiger partial charge in [-0.3, -0.25) is 19.5 Å². The van der Waals surface area contributed by atoms with Crippen LogP contribution >= 0.6 is 0 Å². The zero-order valence-electron chi connectivity index (χ0n) is 17.1. The van der Waals surface area contributed by atoms with Crippen LogP contribution in [0, 0.1) is 5.92 Å². The molecule has 160 valence electrons. The molecule has 1 atom stereocenters. The van der Waals surface area contributed by atoms with Crippen LogP contribution in [0.3, 0.4) is 0 Å². The maximum Gasteiger partial charge on any atom is 0.346 e. The normalized spacial score (nSPS) is 20.5. The van der Waals surface area contributed by atoms with Crippen molar-refractivity contribution in [1.82, 2.24) is 19.7 Å². The SMILES string of the molecule is Cn1c(-c2ccc(N3CCC(CCO)CC3)cc2)nn(C2CCC(=O)NC2=O)c1=O. The number of amides is 2. The Hall–Kier alpha value is -2.94. The molecule has 30 heavy (non-hydrogen) atoms. The van der Waals surface area contributed by atoms with Crippen molar-refractivity contribution in [3.8, 4) is 11.4 Å². The van der Waals surface area contributed by atoms with Crippen LogP contribution in [0.5, 0.6) is 0 Å². The van der Waals surface area contributed by atoms with E-state index in [9.17, 15) is 14.4 Å². The minimum atomic E-state index is -0.769. The lowest BCUT2D eigenvalue weighted by atomic mass is 9.93. The lowest BCUT2D eigenvalue weighted by Gasteiger charge is -2.33. The molecule has 0 bridgehead atoms. The summed E-state index contributed by atoms with van der Waals surface area (Å²) in [7, 11) is 1.63. The molecule has 2 fully saturated rings. The largest absolute Gasteiger partial charge is 0.396 e. The van der Waals surface area contributed by atoms with Gasteiger partial charge in [-0.1, -0.05) is 0 Å². The first-order chi connectivity index (χ1) is 14.5. The van der Waals surface area contributed by atoms with Gasteiger partial charge in [-0.15, -0.1) is 5.10 Å². The van der Waals surface area contributed by atoms with Crippen molar-refractivity contribution in [2.24, 2.45) is 13.0 Å². The van der Waals surface area contributed by atoms with E-state index in [0.29, 0.717) is 11.7 Å². The highest BCUT2D eigenvalue weighted by molar-refractivity contribution is 5.99. The standard InChI is InChI=1S/C21H27N5O4/c1-24-19(23-26(21(24)30)17-6-7-18(28)22-20(17)29)15-2-4-16(5-3-15)25-11-8-14(9-12-25)10-13-27/h2-5,14,17,27H,6-13H2,1H3,(H,22,28,29). The Morgan fingerprint density at radius 1 is 1.10 bits per heavy atom. The van der Waals surface area contributed by atoms with Crippen LogP contribution < -0.4 is 15.9 Å². The number of carbonyl (C=O) groups is 2. The molecule has 2 aliphatic heterocycles. The number of carbonyl (C=O) groups excluding carboxylic acids is 2. The summed E-state index contributed by atoms with van der Waals surface area (Å²) < 4.78 is 2.61. The summed E-state index contributed by atoms with van der Waals surface area (Å²) in [4.78, 5) is 38.5. The van der Waals surface area contributed by atoms with E-state index in [1.165, 1.54) is 9.25 Å². The van der Waals surface area contributed by atoms with E-state index in [1.807, 2.05) is 24.3 Å². The van der Waals surface area contributed by atoms with Gasteiger partial charge in [0.1, 0.15) is 6.04 Å². The molecule has 9 heteroatoms. The summed E-state index contributed by atoms with van der Waals surface area (Å²) in [6, 6.07) is 7.15. The zero-order valence-corrected chi connectivity index (χ0v) is 17.1. The van der Waals surface area contributed by atoms with E-state index in [2.05, 4.69) is 15.3 Å². The highest BCUT2D eigenvalue weighted by Crippen LogP contribution is 2.27. The third kappa shape index (κ3) is 3.89. The number of imide groups is 1. The van der Waals surface area contributed by atoms with Crippen molar-refractivity contribution in [3.63, 3.8) is 0 Å². The zero-order chi connectivity index (χ0) is 21.3. The fraction of sp³-hybridized carbons (Fsp3) is 0.524. The maximum atomic E-state index is 12.7. The summed E-state index contributed by atoms with van der Waals surface area (Å²) in [5.41, 5.74) is 1.53. The van der Waals surface area contributed by atoms with Crippen molar-refractivity contribution in [2.45, 2.75) is 38.1 Å². The van der Waals surface area contributed by atoms with Gasteiger partial charge >= 0.3 is 5.69 Å². The second kappa shape index (κ2) is 8.43. The van der Waals surface area contributed by atoms with Crippen molar-refractivity contribution < 1.29 is 14.7 Å². The Labute approximate surface area is 174 Å². The Bertz CT molecular complexity index is 986. The van der Waals surface area contributed by atoms with Crippen molar-refractivity contribution in [1.29, 1.82) is 0 Å². The molecule has 2 aromatic rings. The molecule has 2 amide bonds. The summed E-state index contributed by atoms with van der Waals surface area (Å²) in [6.45, 7) is 2.18. The predicted molar refractivity (Wildman–Crippen MR) is 111 cm³/mol. The fourth-order valence-electron chi connectivity index (χ4n) is 4.31. The van der Waals surface area contributed by atoms with E-state index >= 15 is 0 Å². The molecule has 0 radical (unpaired) electrons. The van der Waals surface area contributed by atoms with Gasteiger partial charge in [0.25, 0.3) is 5.91 Å². The monoisotopic (exact) mass is 413 g/mol. The van der Waals surface area contributed by atoms with E-state index in [1.54, 1.807) is 7.05 Å². The molecule has 0 saturated carbocycles. The average molecular weight is 413 g/mol. The van der Waals surface area contributed by atoms with Crippen LogP contribution in [-0.2, 0) is 16.6 Å². The van der Waals surface area contributed by atoms with Crippen molar-refractivity contribution in [2.75, 3.05) is 24.6 Å². The van der Waals surface area contributed by atoms with E-state index in [-0.39, 0.29) is 31.0 Å². The highest BCUT2D eigenvalue weighted by Gasteiger charge is 2.31. The van der Waals surface area contributed by atoms with Crippen molar-refractivity contribution >= 4 is 17.5 Å². The van der Waals surface area contributed by atoms with Gasteiger partial charge in [-0.25, -0.2) is 9.48 Å². The van der Waals surface area contributed by atoms with Gasteiger partial charge in [-0.2, -0.15) is 0 Å². The Kier molecular flexibility index (Phi) is 5.72. The smallest absolute Gasteiger partial charge is 0.346 e. The molecule has 0 aliphatic carbocycles. The first-order valence-corrected chi connectivity index (χ1v) is 10.4. The summed E-state index contributed by atoms with van der Waals surface area (Å²) >= 11 is 0. The molecule has 1 aromatic carbocycles. The molecule has 4 rings (SSSR count). The van der Waals surface area contributed by atoms with Gasteiger partial charge in [0.05, 0.1) is 0 Å². The topological polar surface area (TPSA) is 109 Å². The van der Waals surface area contributed by atoms with E-state index < -0.39 is 11.9 Å². The lowest BCUT2D eigenvalue weighted by molar-refractivity contribution is -0.136. The van der Waals surface area contributed by atoms with Crippen LogP contribution in [0.4, 0.5) is 5.69 Å². The van der Waals surface area contributed by atoms with Gasteiger partial charge in [0, 0.05) is 44.4 Å². The minimum absolute atomic E-state index is 0.193. The third-order valence-electron chi connectivity index (χ3n) is 6.15. The van der Waals surface area contributed by atoms with Gasteiger partial charge < -0.3 is 10.0 Å². The number of aliphatic hydroxyl groups is 1. The number of anilines is 1. The van der Waals surface area contributed by atoms with E-state index in [0.717, 1.165) is 43.6 Å². The van der Waals surface area contributed by atoms with Crippen LogP contribution in [0.15, 0.2) is 29.1 Å². The molecule has 2 saturated heterocycles. The number of rotatable bonds is 5. The van der Waals surface area contributed by atoms with Crippen LogP contribution in [0.1, 0.15) is 38.1 Å². The number of piperidine rings is 2. The molecular weight excluding hydrogens is 386 g/mol. The number of hydrogen-bond acceptors (Lipinski definition) is 6. The van der Waals surface area contributed by atoms with Gasteiger partial charge in [-0.05, 0) is 55.9 Å². The van der Waals surface area contributed by atoms with Crippen molar-refractivity contribution in [3.05, 3.63) is 34.7 Å². The number of nitrogens with zero attached hydrogens (tertiary/aromatic N) is 4. The second-order valence-electron chi connectivity index (χ2n) is 8.07. The van der Waals surface area contributed by atoms with Gasteiger partial charge in [0.2, 0.25) is 5.91 Å². The first-order valence-electron chi connectivity index (χ1n) is 10.4. The lowest BCUT2D eigenvalue weighted by Crippen LogP contribution is -2.44.